The van der Waals surface area contributed by atoms with E-state index in [1.807, 2.05) is 0 Å². The van der Waals surface area contributed by atoms with Crippen LogP contribution in [0.5, 0.6) is 5.75 Å². The molecular weight excluding hydrogens is 433 g/mol. The van der Waals surface area contributed by atoms with Crippen LogP contribution in [-0.2, 0) is 26.0 Å². The zero-order valence-corrected chi connectivity index (χ0v) is 17.4. The topological polar surface area (TPSA) is 128 Å². The lowest BCUT2D eigenvalue weighted by molar-refractivity contribution is -0.387. The molecule has 12 heteroatoms. The summed E-state index contributed by atoms with van der Waals surface area (Å²) in [4.78, 5) is 22.3. The maximum absolute atomic E-state index is 13.5. The van der Waals surface area contributed by atoms with Gasteiger partial charge < -0.3 is 14.8 Å². The molecule has 31 heavy (non-hydrogen) atoms. The van der Waals surface area contributed by atoms with Crippen molar-refractivity contribution in [2.75, 3.05) is 38.7 Å². The molecule has 2 aromatic carbocycles. The molecule has 1 aliphatic heterocycles. The number of hydrogen-bond donors (Lipinski definition) is 1. The van der Waals surface area contributed by atoms with Gasteiger partial charge in [-0.15, -0.1) is 0 Å². The van der Waals surface area contributed by atoms with E-state index in [2.05, 4.69) is 5.32 Å². The number of nitrogens with one attached hydrogen (secondary N) is 1. The second kappa shape index (κ2) is 9.37. The van der Waals surface area contributed by atoms with Crippen molar-refractivity contribution in [3.05, 3.63) is 57.9 Å². The largest absolute Gasteiger partial charge is 0.495 e. The molecule has 0 radical (unpaired) electrons. The molecule has 166 valence electrons. The van der Waals surface area contributed by atoms with E-state index in [1.54, 1.807) is 6.07 Å². The Kier molecular flexibility index (Phi) is 6.83. The first-order valence-corrected chi connectivity index (χ1v) is 10.6. The number of ether oxygens (including phenoxy) is 2. The number of sulfonamides is 1. The Hall–Kier alpha value is -3.09. The number of amides is 1. The average molecular weight is 453 g/mol. The third-order valence-electron chi connectivity index (χ3n) is 4.61. The number of anilines is 1. The molecule has 1 N–H and O–H groups in total. The van der Waals surface area contributed by atoms with Gasteiger partial charge in [0.15, 0.2) is 0 Å². The highest BCUT2D eigenvalue weighted by atomic mass is 32.2. The number of methoxy groups -OCH3 is 1. The smallest absolute Gasteiger partial charge is 0.306 e. The fourth-order valence-electron chi connectivity index (χ4n) is 3.08. The molecule has 0 aliphatic carbocycles. The fraction of sp³-hybridized carbons (Fsp3) is 0.316. The predicted molar refractivity (Wildman–Crippen MR) is 108 cm³/mol. The molecule has 3 rings (SSSR count). The third kappa shape index (κ3) is 5.16. The summed E-state index contributed by atoms with van der Waals surface area (Å²) in [6, 6.07) is 7.35. The zero-order chi connectivity index (χ0) is 22.6. The Balaban J connectivity index is 1.81. The van der Waals surface area contributed by atoms with Crippen molar-refractivity contribution in [2.24, 2.45) is 0 Å². The van der Waals surface area contributed by atoms with Gasteiger partial charge in [0.2, 0.25) is 21.7 Å². The van der Waals surface area contributed by atoms with Gasteiger partial charge in [0, 0.05) is 24.8 Å². The monoisotopic (exact) mass is 453 g/mol. The van der Waals surface area contributed by atoms with E-state index >= 15 is 0 Å². The Morgan fingerprint density at radius 3 is 2.61 bits per heavy atom. The van der Waals surface area contributed by atoms with Crippen LogP contribution in [0.1, 0.15) is 5.56 Å². The summed E-state index contributed by atoms with van der Waals surface area (Å²) in [6.07, 6.45) is -0.208. The summed E-state index contributed by atoms with van der Waals surface area (Å²) in [5.74, 6) is -1.43. The van der Waals surface area contributed by atoms with E-state index in [0.717, 1.165) is 12.1 Å². The summed E-state index contributed by atoms with van der Waals surface area (Å²) >= 11 is 0. The molecule has 0 atom stereocenters. The second-order valence-corrected chi connectivity index (χ2v) is 8.56. The first-order valence-electron chi connectivity index (χ1n) is 9.21. The molecule has 0 bridgehead atoms. The van der Waals surface area contributed by atoms with Crippen molar-refractivity contribution in [3.63, 3.8) is 0 Å². The van der Waals surface area contributed by atoms with Crippen LogP contribution in [0.3, 0.4) is 0 Å². The van der Waals surface area contributed by atoms with Crippen LogP contribution in [0.2, 0.25) is 0 Å². The maximum Gasteiger partial charge on any atom is 0.306 e. The van der Waals surface area contributed by atoms with Gasteiger partial charge in [0.05, 0.1) is 31.7 Å². The molecule has 0 saturated carbocycles. The molecule has 0 unspecified atom stereocenters. The number of hydrogen-bond acceptors (Lipinski definition) is 7. The molecule has 1 aliphatic rings. The van der Waals surface area contributed by atoms with Gasteiger partial charge in [0.25, 0.3) is 0 Å². The average Bonchev–Trinajstić information content (AvgIpc) is 2.75. The van der Waals surface area contributed by atoms with Crippen LogP contribution >= 0.6 is 0 Å². The minimum absolute atomic E-state index is 0.0489. The number of benzene rings is 2. The van der Waals surface area contributed by atoms with Gasteiger partial charge in [-0.2, -0.15) is 8.70 Å². The number of carbonyl (C=O) groups excluding carboxylic acids is 1. The quantitative estimate of drug-likeness (QED) is 0.501. The fourth-order valence-corrected chi connectivity index (χ4v) is 4.69. The number of halogens is 1. The van der Waals surface area contributed by atoms with Crippen LogP contribution in [0, 0.1) is 15.9 Å². The number of nitrogens with zero attached hydrogens (tertiary/aromatic N) is 2. The van der Waals surface area contributed by atoms with E-state index in [1.165, 1.54) is 29.6 Å². The number of rotatable bonds is 7. The molecule has 1 heterocycles. The van der Waals surface area contributed by atoms with Crippen LogP contribution in [0.15, 0.2) is 41.3 Å². The minimum atomic E-state index is -3.86. The highest BCUT2D eigenvalue weighted by Gasteiger charge is 2.29. The van der Waals surface area contributed by atoms with E-state index < -0.39 is 32.4 Å². The summed E-state index contributed by atoms with van der Waals surface area (Å²) in [6.45, 7) is 0.986. The number of carbonyl (C=O) groups is 1. The van der Waals surface area contributed by atoms with Gasteiger partial charge in [-0.25, -0.2) is 8.42 Å². The summed E-state index contributed by atoms with van der Waals surface area (Å²) < 4.78 is 51.2. The summed E-state index contributed by atoms with van der Waals surface area (Å²) in [5, 5.41) is 13.3. The highest BCUT2D eigenvalue weighted by Crippen LogP contribution is 2.29. The Bertz CT molecular complexity index is 1100. The van der Waals surface area contributed by atoms with E-state index in [4.69, 9.17) is 9.47 Å². The number of morpholine rings is 1. The summed E-state index contributed by atoms with van der Waals surface area (Å²) in [7, 11) is -2.51. The standard InChI is InChI=1S/C19H20FN3O7S/c1-29-17-5-2-13(10-18(17)31(27,28)22-6-8-30-9-7-22)11-19(24)21-14-3-4-15(20)16(12-14)23(25)26/h2-5,10,12H,6-9,11H2,1H3,(H,21,24). The van der Waals surface area contributed by atoms with Crippen molar-refractivity contribution < 1.29 is 32.0 Å². The third-order valence-corrected chi connectivity index (χ3v) is 6.53. The highest BCUT2D eigenvalue weighted by molar-refractivity contribution is 7.89. The number of nitro groups is 1. The SMILES string of the molecule is COc1ccc(CC(=O)Nc2ccc(F)c([N+](=O)[O-])c2)cc1S(=O)(=O)N1CCOCC1. The minimum Gasteiger partial charge on any atom is -0.495 e. The molecule has 10 nitrogen and oxygen atoms in total. The van der Waals surface area contributed by atoms with E-state index in [9.17, 15) is 27.7 Å². The van der Waals surface area contributed by atoms with Crippen molar-refractivity contribution in [3.8, 4) is 5.75 Å². The van der Waals surface area contributed by atoms with Crippen molar-refractivity contribution in [2.45, 2.75) is 11.3 Å². The maximum atomic E-state index is 13.5. The molecule has 1 saturated heterocycles. The van der Waals surface area contributed by atoms with Gasteiger partial charge in [0.1, 0.15) is 10.6 Å². The van der Waals surface area contributed by atoms with Crippen LogP contribution in [-0.4, -0.2) is 57.0 Å². The lowest BCUT2D eigenvalue weighted by Crippen LogP contribution is -2.40. The van der Waals surface area contributed by atoms with Crippen molar-refractivity contribution >= 4 is 27.3 Å². The molecule has 1 amide bonds. The molecule has 1 fully saturated rings. The Morgan fingerprint density at radius 1 is 1.26 bits per heavy atom. The lowest BCUT2D eigenvalue weighted by Gasteiger charge is -2.26. The van der Waals surface area contributed by atoms with E-state index in [0.29, 0.717) is 5.56 Å². The summed E-state index contributed by atoms with van der Waals surface area (Å²) in [5.41, 5.74) is -0.323. The molecule has 0 aromatic heterocycles. The second-order valence-electron chi connectivity index (χ2n) is 6.65. The van der Waals surface area contributed by atoms with Crippen molar-refractivity contribution in [1.82, 2.24) is 4.31 Å². The Labute approximate surface area is 177 Å². The zero-order valence-electron chi connectivity index (χ0n) is 16.5. The van der Waals surface area contributed by atoms with Crippen molar-refractivity contribution in [1.29, 1.82) is 0 Å². The van der Waals surface area contributed by atoms with Gasteiger partial charge in [-0.1, -0.05) is 6.07 Å². The van der Waals surface area contributed by atoms with E-state index in [-0.39, 0.29) is 49.1 Å². The first-order chi connectivity index (χ1) is 14.7. The number of nitro benzene ring substituents is 1. The lowest BCUT2D eigenvalue weighted by atomic mass is 10.1. The molecule has 2 aromatic rings. The van der Waals surface area contributed by atoms with Crippen LogP contribution < -0.4 is 10.1 Å². The van der Waals surface area contributed by atoms with Gasteiger partial charge >= 0.3 is 5.69 Å². The Morgan fingerprint density at radius 2 is 1.97 bits per heavy atom. The normalized spacial score (nSPS) is 14.8. The molecular formula is C19H20FN3O7S. The van der Waals surface area contributed by atoms with Gasteiger partial charge in [-0.05, 0) is 29.8 Å². The predicted octanol–water partition coefficient (Wildman–Crippen LogP) is 1.94. The first kappa shape index (κ1) is 22.6. The van der Waals surface area contributed by atoms with Crippen LogP contribution in [0.4, 0.5) is 15.8 Å². The van der Waals surface area contributed by atoms with Crippen LogP contribution in [0.25, 0.3) is 0 Å². The van der Waals surface area contributed by atoms with Gasteiger partial charge in [-0.3, -0.25) is 14.9 Å². The molecule has 0 spiro atoms.